The van der Waals surface area contributed by atoms with E-state index in [0.29, 0.717) is 12.1 Å². The van der Waals surface area contributed by atoms with Crippen molar-refractivity contribution in [3.05, 3.63) is 17.8 Å². The molecule has 1 saturated carbocycles. The normalized spacial score (nSPS) is 25.4. The van der Waals surface area contributed by atoms with Gasteiger partial charge in [0.15, 0.2) is 6.39 Å². The summed E-state index contributed by atoms with van der Waals surface area (Å²) in [6, 6.07) is 1.41. The minimum atomic E-state index is 0.690. The minimum absolute atomic E-state index is 0.690. The highest BCUT2D eigenvalue weighted by molar-refractivity contribution is 5.04. The highest BCUT2D eigenvalue weighted by Gasteiger charge is 2.23. The van der Waals surface area contributed by atoms with Gasteiger partial charge in [-0.25, -0.2) is 4.98 Å². The molecule has 17 heavy (non-hydrogen) atoms. The molecule has 1 fully saturated rings. The Kier molecular flexibility index (Phi) is 4.18. The quantitative estimate of drug-likeness (QED) is 0.869. The van der Waals surface area contributed by atoms with Gasteiger partial charge in [0.2, 0.25) is 0 Å². The van der Waals surface area contributed by atoms with E-state index in [9.17, 15) is 0 Å². The molecule has 0 aromatic carbocycles. The summed E-state index contributed by atoms with van der Waals surface area (Å²) in [5.41, 5.74) is 1.07. The maximum absolute atomic E-state index is 5.24. The third kappa shape index (κ3) is 3.07. The maximum atomic E-state index is 5.24. The summed E-state index contributed by atoms with van der Waals surface area (Å²) in [6.07, 6.45) is 6.65. The van der Waals surface area contributed by atoms with Crippen LogP contribution in [-0.2, 0) is 6.54 Å². The first-order valence-electron chi connectivity index (χ1n) is 6.47. The molecule has 0 amide bonds. The van der Waals surface area contributed by atoms with Crippen molar-refractivity contribution in [2.45, 2.75) is 51.2 Å². The second kappa shape index (κ2) is 5.65. The average Bonchev–Trinajstić information content (AvgIpc) is 2.75. The number of rotatable bonds is 4. The van der Waals surface area contributed by atoms with Crippen LogP contribution in [0.5, 0.6) is 0 Å². The molecular formula is C13H23N3O. The number of hydrogen-bond acceptors (Lipinski definition) is 4. The van der Waals surface area contributed by atoms with Crippen LogP contribution >= 0.6 is 0 Å². The predicted molar refractivity (Wildman–Crippen MR) is 67.8 cm³/mol. The zero-order valence-corrected chi connectivity index (χ0v) is 11.1. The Morgan fingerprint density at radius 2 is 2.12 bits per heavy atom. The van der Waals surface area contributed by atoms with Crippen LogP contribution in [0.3, 0.4) is 0 Å². The Hall–Kier alpha value is -0.870. The number of nitrogens with one attached hydrogen (secondary N) is 1. The molecule has 4 heteroatoms. The molecule has 0 bridgehead atoms. The van der Waals surface area contributed by atoms with Gasteiger partial charge in [-0.1, -0.05) is 0 Å². The topological polar surface area (TPSA) is 41.3 Å². The SMILES string of the molecule is CNC1CCC(N(C)Cc2ncoc2C)CC1. The first kappa shape index (κ1) is 12.6. The van der Waals surface area contributed by atoms with Crippen molar-refractivity contribution in [1.82, 2.24) is 15.2 Å². The summed E-state index contributed by atoms with van der Waals surface area (Å²) >= 11 is 0. The molecule has 0 unspecified atom stereocenters. The lowest BCUT2D eigenvalue weighted by atomic mass is 9.90. The summed E-state index contributed by atoms with van der Waals surface area (Å²) in [7, 11) is 4.26. The molecule has 0 spiro atoms. The number of aryl methyl sites for hydroxylation is 1. The van der Waals surface area contributed by atoms with Gasteiger partial charge in [0.1, 0.15) is 5.76 Å². The summed E-state index contributed by atoms with van der Waals surface area (Å²) in [6.45, 7) is 2.88. The molecule has 4 nitrogen and oxygen atoms in total. The fraction of sp³-hybridized carbons (Fsp3) is 0.769. The van der Waals surface area contributed by atoms with Crippen molar-refractivity contribution in [3.63, 3.8) is 0 Å². The predicted octanol–water partition coefficient (Wildman–Crippen LogP) is 1.95. The molecule has 1 N–H and O–H groups in total. The zero-order valence-electron chi connectivity index (χ0n) is 11.1. The second-order valence-corrected chi connectivity index (χ2v) is 5.06. The first-order valence-corrected chi connectivity index (χ1v) is 6.47. The van der Waals surface area contributed by atoms with E-state index in [2.05, 4.69) is 29.3 Å². The molecule has 0 saturated heterocycles. The van der Waals surface area contributed by atoms with E-state index in [-0.39, 0.29) is 0 Å². The summed E-state index contributed by atoms with van der Waals surface area (Å²) in [5, 5.41) is 3.37. The maximum Gasteiger partial charge on any atom is 0.181 e. The average molecular weight is 237 g/mol. The van der Waals surface area contributed by atoms with Crippen molar-refractivity contribution in [3.8, 4) is 0 Å². The number of nitrogens with zero attached hydrogens (tertiary/aromatic N) is 2. The van der Waals surface area contributed by atoms with Gasteiger partial charge < -0.3 is 9.73 Å². The molecule has 1 heterocycles. The summed E-state index contributed by atoms with van der Waals surface area (Å²) in [4.78, 5) is 6.67. The lowest BCUT2D eigenvalue weighted by Crippen LogP contribution is -2.39. The van der Waals surface area contributed by atoms with Crippen LogP contribution < -0.4 is 5.32 Å². The van der Waals surface area contributed by atoms with E-state index in [1.54, 1.807) is 0 Å². The molecule has 0 radical (unpaired) electrons. The fourth-order valence-electron chi connectivity index (χ4n) is 2.65. The van der Waals surface area contributed by atoms with Gasteiger partial charge in [0.25, 0.3) is 0 Å². The van der Waals surface area contributed by atoms with Crippen molar-refractivity contribution < 1.29 is 4.42 Å². The number of aromatic nitrogens is 1. The Bertz CT molecular complexity index is 342. The lowest BCUT2D eigenvalue weighted by Gasteiger charge is -2.34. The van der Waals surface area contributed by atoms with E-state index in [1.165, 1.54) is 32.1 Å². The van der Waals surface area contributed by atoms with E-state index < -0.39 is 0 Å². The third-order valence-corrected chi connectivity index (χ3v) is 3.97. The van der Waals surface area contributed by atoms with Crippen molar-refractivity contribution in [1.29, 1.82) is 0 Å². The van der Waals surface area contributed by atoms with Crippen LogP contribution in [0, 0.1) is 6.92 Å². The van der Waals surface area contributed by atoms with Gasteiger partial charge in [-0.3, -0.25) is 4.90 Å². The van der Waals surface area contributed by atoms with Gasteiger partial charge in [0, 0.05) is 18.6 Å². The molecule has 96 valence electrons. The van der Waals surface area contributed by atoms with Crippen LogP contribution in [-0.4, -0.2) is 36.1 Å². The van der Waals surface area contributed by atoms with Gasteiger partial charge in [-0.15, -0.1) is 0 Å². The Balaban J connectivity index is 1.85. The van der Waals surface area contributed by atoms with Crippen LogP contribution in [0.1, 0.15) is 37.1 Å². The first-order chi connectivity index (χ1) is 8.20. The van der Waals surface area contributed by atoms with Gasteiger partial charge >= 0.3 is 0 Å². The van der Waals surface area contributed by atoms with Crippen molar-refractivity contribution >= 4 is 0 Å². The molecule has 1 aliphatic carbocycles. The van der Waals surface area contributed by atoms with Gasteiger partial charge in [0.05, 0.1) is 5.69 Å². The van der Waals surface area contributed by atoms with E-state index in [4.69, 9.17) is 4.42 Å². The Morgan fingerprint density at radius 1 is 1.41 bits per heavy atom. The molecule has 0 atom stereocenters. The smallest absolute Gasteiger partial charge is 0.181 e. The zero-order chi connectivity index (χ0) is 12.3. The second-order valence-electron chi connectivity index (χ2n) is 5.06. The molecule has 0 aliphatic heterocycles. The van der Waals surface area contributed by atoms with Crippen molar-refractivity contribution in [2.24, 2.45) is 0 Å². The molecule has 1 aliphatic rings. The van der Waals surface area contributed by atoms with Crippen LogP contribution in [0.2, 0.25) is 0 Å². The van der Waals surface area contributed by atoms with Crippen LogP contribution in [0.4, 0.5) is 0 Å². The van der Waals surface area contributed by atoms with Crippen LogP contribution in [0.15, 0.2) is 10.8 Å². The van der Waals surface area contributed by atoms with E-state index >= 15 is 0 Å². The summed E-state index contributed by atoms with van der Waals surface area (Å²) < 4.78 is 5.24. The number of hydrogen-bond donors (Lipinski definition) is 1. The van der Waals surface area contributed by atoms with Gasteiger partial charge in [-0.05, 0) is 46.7 Å². The monoisotopic (exact) mass is 237 g/mol. The van der Waals surface area contributed by atoms with Gasteiger partial charge in [-0.2, -0.15) is 0 Å². The molecular weight excluding hydrogens is 214 g/mol. The lowest BCUT2D eigenvalue weighted by molar-refractivity contribution is 0.168. The Labute approximate surface area is 103 Å². The Morgan fingerprint density at radius 3 is 2.65 bits per heavy atom. The standard InChI is InChI=1S/C13H23N3O/c1-10-13(15-9-17-10)8-16(3)12-6-4-11(14-2)5-7-12/h9,11-12,14H,4-8H2,1-3H3. The van der Waals surface area contributed by atoms with E-state index in [1.807, 2.05) is 6.92 Å². The molecule has 2 rings (SSSR count). The minimum Gasteiger partial charge on any atom is -0.448 e. The van der Waals surface area contributed by atoms with Crippen molar-refractivity contribution in [2.75, 3.05) is 14.1 Å². The highest BCUT2D eigenvalue weighted by atomic mass is 16.3. The molecule has 1 aromatic rings. The fourth-order valence-corrected chi connectivity index (χ4v) is 2.65. The third-order valence-electron chi connectivity index (χ3n) is 3.97. The van der Waals surface area contributed by atoms with Crippen LogP contribution in [0.25, 0.3) is 0 Å². The number of oxazole rings is 1. The van der Waals surface area contributed by atoms with E-state index in [0.717, 1.165) is 18.0 Å². The summed E-state index contributed by atoms with van der Waals surface area (Å²) in [5.74, 6) is 0.945. The largest absolute Gasteiger partial charge is 0.448 e. The highest BCUT2D eigenvalue weighted by Crippen LogP contribution is 2.23. The molecule has 1 aromatic heterocycles.